The van der Waals surface area contributed by atoms with Gasteiger partial charge in [-0.1, -0.05) is 42.5 Å². The third kappa shape index (κ3) is 5.62. The van der Waals surface area contributed by atoms with Crippen LogP contribution in [0.25, 0.3) is 0 Å². The van der Waals surface area contributed by atoms with E-state index in [1.54, 1.807) is 30.2 Å². The Morgan fingerprint density at radius 3 is 2.25 bits per heavy atom. The summed E-state index contributed by atoms with van der Waals surface area (Å²) < 4.78 is 7.27. The topological polar surface area (TPSA) is 67.7 Å². The van der Waals surface area contributed by atoms with Crippen molar-refractivity contribution in [3.8, 4) is 0 Å². The average molecular weight is 433 g/mol. The van der Waals surface area contributed by atoms with E-state index in [0.717, 1.165) is 25.2 Å². The quantitative estimate of drug-likeness (QED) is 0.537. The summed E-state index contributed by atoms with van der Waals surface area (Å²) in [6, 6.07) is 19.4. The molecule has 1 amide bonds. The van der Waals surface area contributed by atoms with Crippen molar-refractivity contribution in [3.05, 3.63) is 89.7 Å². The lowest BCUT2D eigenvalue weighted by atomic mass is 10.1. The number of hydrogen-bond donors (Lipinski definition) is 0. The van der Waals surface area contributed by atoms with Gasteiger partial charge in [0.25, 0.3) is 5.91 Å². The van der Waals surface area contributed by atoms with Crippen LogP contribution >= 0.6 is 0 Å². The lowest BCUT2D eigenvalue weighted by molar-refractivity contribution is -0.141. The molecule has 1 saturated heterocycles. The molecule has 32 heavy (non-hydrogen) atoms. The van der Waals surface area contributed by atoms with Crippen LogP contribution in [0, 0.1) is 0 Å². The first-order chi connectivity index (χ1) is 15.6. The van der Waals surface area contributed by atoms with E-state index in [0.29, 0.717) is 25.2 Å². The van der Waals surface area contributed by atoms with Gasteiger partial charge in [0.15, 0.2) is 6.10 Å². The first-order valence-corrected chi connectivity index (χ1v) is 10.9. The van der Waals surface area contributed by atoms with Crippen LogP contribution in [0.4, 0.5) is 0 Å². The largest absolute Gasteiger partial charge is 0.449 e. The summed E-state index contributed by atoms with van der Waals surface area (Å²) in [5, 5.41) is 4.18. The fourth-order valence-corrected chi connectivity index (χ4v) is 3.83. The highest BCUT2D eigenvalue weighted by Gasteiger charge is 2.27. The van der Waals surface area contributed by atoms with Crippen LogP contribution in [-0.2, 0) is 22.6 Å². The Labute approximate surface area is 188 Å². The minimum atomic E-state index is -0.813. The van der Waals surface area contributed by atoms with Crippen molar-refractivity contribution in [1.29, 1.82) is 0 Å². The van der Waals surface area contributed by atoms with Crippen LogP contribution in [0.1, 0.15) is 28.4 Å². The van der Waals surface area contributed by atoms with Gasteiger partial charge in [0, 0.05) is 45.1 Å². The highest BCUT2D eigenvalue weighted by atomic mass is 16.5. The van der Waals surface area contributed by atoms with E-state index in [-0.39, 0.29) is 5.91 Å². The molecular weight excluding hydrogens is 404 g/mol. The molecule has 1 aliphatic heterocycles. The number of carbonyl (C=O) groups excluding carboxylic acids is 2. The van der Waals surface area contributed by atoms with Gasteiger partial charge in [-0.2, -0.15) is 5.10 Å². The van der Waals surface area contributed by atoms with Gasteiger partial charge >= 0.3 is 5.97 Å². The van der Waals surface area contributed by atoms with E-state index in [9.17, 15) is 9.59 Å². The molecule has 1 unspecified atom stereocenters. The maximum absolute atomic E-state index is 12.8. The van der Waals surface area contributed by atoms with Crippen molar-refractivity contribution < 1.29 is 14.3 Å². The van der Waals surface area contributed by atoms with Crippen LogP contribution in [-0.4, -0.2) is 63.7 Å². The molecule has 7 heteroatoms. The molecule has 0 aliphatic carbocycles. The minimum Gasteiger partial charge on any atom is -0.449 e. The second kappa shape index (κ2) is 10.2. The number of ether oxygens (including phenoxy) is 1. The Morgan fingerprint density at radius 1 is 0.906 bits per heavy atom. The summed E-state index contributed by atoms with van der Waals surface area (Å²) in [4.78, 5) is 29.4. The predicted molar refractivity (Wildman–Crippen MR) is 121 cm³/mol. The molecule has 0 N–H and O–H groups in total. The van der Waals surface area contributed by atoms with Crippen LogP contribution < -0.4 is 0 Å². The Kier molecular flexibility index (Phi) is 6.97. The highest BCUT2D eigenvalue weighted by molar-refractivity contribution is 5.92. The summed E-state index contributed by atoms with van der Waals surface area (Å²) in [6.45, 7) is 6.03. The maximum atomic E-state index is 12.8. The van der Waals surface area contributed by atoms with Gasteiger partial charge < -0.3 is 9.64 Å². The maximum Gasteiger partial charge on any atom is 0.338 e. The van der Waals surface area contributed by atoms with Crippen molar-refractivity contribution in [2.45, 2.75) is 26.1 Å². The first-order valence-electron chi connectivity index (χ1n) is 10.9. The Balaban J connectivity index is 1.25. The van der Waals surface area contributed by atoms with Gasteiger partial charge in [0.05, 0.1) is 12.1 Å². The third-order valence-electron chi connectivity index (χ3n) is 5.66. The average Bonchev–Trinajstić information content (AvgIpc) is 3.33. The summed E-state index contributed by atoms with van der Waals surface area (Å²) in [7, 11) is 0. The van der Waals surface area contributed by atoms with Crippen molar-refractivity contribution in [2.24, 2.45) is 0 Å². The summed E-state index contributed by atoms with van der Waals surface area (Å²) in [6.07, 6.45) is 2.80. The molecule has 0 bridgehead atoms. The molecule has 3 aromatic rings. The van der Waals surface area contributed by atoms with E-state index < -0.39 is 12.1 Å². The van der Waals surface area contributed by atoms with E-state index in [4.69, 9.17) is 4.74 Å². The number of nitrogens with zero attached hydrogens (tertiary/aromatic N) is 4. The molecule has 1 atom stereocenters. The molecule has 1 fully saturated rings. The van der Waals surface area contributed by atoms with Crippen LogP contribution in [0.2, 0.25) is 0 Å². The standard InChI is InChI=1S/C25H28N4O3/c1-20(24(30)28-16-14-27(15-17-28)18-21-6-3-2-4-7-21)32-25(31)23-10-8-22(9-11-23)19-29-13-5-12-26-29/h2-13,20H,14-19H2,1H3. The molecule has 166 valence electrons. The van der Waals surface area contributed by atoms with Gasteiger partial charge in [-0.05, 0) is 36.2 Å². The lowest BCUT2D eigenvalue weighted by Gasteiger charge is -2.35. The number of esters is 1. The van der Waals surface area contributed by atoms with Gasteiger partial charge in [0.1, 0.15) is 0 Å². The van der Waals surface area contributed by atoms with E-state index in [1.807, 2.05) is 47.3 Å². The highest BCUT2D eigenvalue weighted by Crippen LogP contribution is 2.12. The van der Waals surface area contributed by atoms with Crippen LogP contribution in [0.3, 0.4) is 0 Å². The molecule has 0 radical (unpaired) electrons. The summed E-state index contributed by atoms with van der Waals surface area (Å²) >= 11 is 0. The molecule has 0 saturated carbocycles. The molecule has 1 aromatic heterocycles. The number of benzene rings is 2. The van der Waals surface area contributed by atoms with Crippen molar-refractivity contribution in [2.75, 3.05) is 26.2 Å². The van der Waals surface area contributed by atoms with E-state index in [2.05, 4.69) is 22.1 Å². The van der Waals surface area contributed by atoms with Crippen molar-refractivity contribution in [3.63, 3.8) is 0 Å². The second-order valence-corrected chi connectivity index (χ2v) is 8.04. The van der Waals surface area contributed by atoms with Gasteiger partial charge in [0.2, 0.25) is 0 Å². The zero-order valence-electron chi connectivity index (χ0n) is 18.3. The van der Waals surface area contributed by atoms with E-state index >= 15 is 0 Å². The predicted octanol–water partition coefficient (Wildman–Crippen LogP) is 2.82. The van der Waals surface area contributed by atoms with Crippen LogP contribution in [0.15, 0.2) is 73.1 Å². The number of hydrogen-bond acceptors (Lipinski definition) is 5. The van der Waals surface area contributed by atoms with E-state index in [1.165, 1.54) is 5.56 Å². The smallest absolute Gasteiger partial charge is 0.338 e. The summed E-state index contributed by atoms with van der Waals surface area (Å²) in [5.74, 6) is -0.632. The second-order valence-electron chi connectivity index (χ2n) is 8.04. The molecule has 7 nitrogen and oxygen atoms in total. The normalized spacial score (nSPS) is 15.3. The van der Waals surface area contributed by atoms with Crippen molar-refractivity contribution >= 4 is 11.9 Å². The zero-order chi connectivity index (χ0) is 22.3. The van der Waals surface area contributed by atoms with Crippen LogP contribution in [0.5, 0.6) is 0 Å². The third-order valence-corrected chi connectivity index (χ3v) is 5.66. The summed E-state index contributed by atoms with van der Waals surface area (Å²) in [5.41, 5.74) is 2.73. The molecule has 1 aliphatic rings. The van der Waals surface area contributed by atoms with Gasteiger partial charge in [-0.25, -0.2) is 4.79 Å². The Morgan fingerprint density at radius 2 is 1.59 bits per heavy atom. The monoisotopic (exact) mass is 432 g/mol. The fourth-order valence-electron chi connectivity index (χ4n) is 3.83. The van der Waals surface area contributed by atoms with Crippen molar-refractivity contribution in [1.82, 2.24) is 19.6 Å². The first kappa shape index (κ1) is 21.8. The SMILES string of the molecule is CC(OC(=O)c1ccc(Cn2cccn2)cc1)C(=O)N1CCN(Cc2ccccc2)CC1. The zero-order valence-corrected chi connectivity index (χ0v) is 18.3. The molecule has 4 rings (SSSR count). The fraction of sp³-hybridized carbons (Fsp3) is 0.320. The molecule has 2 aromatic carbocycles. The molecular formula is C25H28N4O3. The lowest BCUT2D eigenvalue weighted by Crippen LogP contribution is -2.51. The number of carbonyl (C=O) groups is 2. The minimum absolute atomic E-state index is 0.145. The molecule has 2 heterocycles. The Hall–Kier alpha value is -3.45. The van der Waals surface area contributed by atoms with Gasteiger partial charge in [-0.15, -0.1) is 0 Å². The number of aromatic nitrogens is 2. The Bertz CT molecular complexity index is 1010. The molecule has 0 spiro atoms. The number of amides is 1. The van der Waals surface area contributed by atoms with Gasteiger partial charge in [-0.3, -0.25) is 14.4 Å². The number of rotatable bonds is 7. The number of piperazine rings is 1.